The zero-order valence-corrected chi connectivity index (χ0v) is 19.4. The van der Waals surface area contributed by atoms with Gasteiger partial charge in [-0.25, -0.2) is 14.6 Å². The predicted molar refractivity (Wildman–Crippen MR) is 133 cm³/mol. The smallest absolute Gasteiger partial charge is 0.437 e. The number of H-pyrrole nitrogens is 1. The van der Waals surface area contributed by atoms with Crippen molar-refractivity contribution in [3.05, 3.63) is 95.3 Å². The molecular weight excluding hydrogens is 446 g/mol. The highest BCUT2D eigenvalue weighted by Crippen LogP contribution is 2.26. The molecule has 3 aromatic carbocycles. The second-order valence-electron chi connectivity index (χ2n) is 7.80. The number of carbonyl (C=O) groups excluding carboxylic acids is 2. The highest BCUT2D eigenvalue weighted by atomic mass is 16.6. The first-order chi connectivity index (χ1) is 17.0. The Hall–Kier alpha value is -4.66. The molecule has 35 heavy (non-hydrogen) atoms. The summed E-state index contributed by atoms with van der Waals surface area (Å²) in [6.07, 6.45) is -0.0232. The van der Waals surface area contributed by atoms with Crippen molar-refractivity contribution >= 4 is 34.9 Å². The third-order valence-electron chi connectivity index (χ3n) is 5.25. The average molecular weight is 472 g/mol. The normalized spacial score (nSPS) is 11.2. The maximum atomic E-state index is 12.5. The van der Waals surface area contributed by atoms with Crippen molar-refractivity contribution in [3.63, 3.8) is 0 Å². The Balaban J connectivity index is 1.51. The fraction of sp³-hybridized carbons (Fsp3) is 0.154. The number of anilines is 1. The Morgan fingerprint density at radius 1 is 0.943 bits per heavy atom. The number of nitrogens with one attached hydrogen (secondary N) is 3. The van der Waals surface area contributed by atoms with Crippen molar-refractivity contribution in [2.24, 2.45) is 4.99 Å². The van der Waals surface area contributed by atoms with E-state index < -0.39 is 12.2 Å². The van der Waals surface area contributed by atoms with E-state index in [4.69, 9.17) is 9.47 Å². The number of amides is 2. The molecule has 0 spiro atoms. The van der Waals surface area contributed by atoms with Crippen LogP contribution in [0.15, 0.2) is 78.0 Å². The fourth-order valence-corrected chi connectivity index (χ4v) is 3.45. The molecule has 4 rings (SSSR count). The molecule has 1 aromatic heterocycles. The van der Waals surface area contributed by atoms with Gasteiger partial charge >= 0.3 is 12.2 Å². The number of guanidine groups is 1. The largest absolute Gasteiger partial charge is 0.444 e. The maximum absolute atomic E-state index is 12.5. The SMILES string of the molecule is Cc1c(NC(=NC(=O)OCc2ccccc2)NC(=O)OCc2ccccc2)cc(C)c2[nH]cnc12. The quantitative estimate of drug-likeness (QED) is 0.272. The first-order valence-corrected chi connectivity index (χ1v) is 11.0. The number of benzene rings is 3. The van der Waals surface area contributed by atoms with Gasteiger partial charge in [0.1, 0.15) is 13.2 Å². The third-order valence-corrected chi connectivity index (χ3v) is 5.25. The molecule has 9 heteroatoms. The monoisotopic (exact) mass is 471 g/mol. The lowest BCUT2D eigenvalue weighted by Gasteiger charge is -2.14. The van der Waals surface area contributed by atoms with Crippen LogP contribution in [0, 0.1) is 13.8 Å². The van der Waals surface area contributed by atoms with Gasteiger partial charge in [0.25, 0.3) is 0 Å². The summed E-state index contributed by atoms with van der Waals surface area (Å²) in [7, 11) is 0. The van der Waals surface area contributed by atoms with Crippen molar-refractivity contribution in [1.29, 1.82) is 0 Å². The van der Waals surface area contributed by atoms with Gasteiger partial charge in [0, 0.05) is 11.3 Å². The van der Waals surface area contributed by atoms with Crippen molar-refractivity contribution in [1.82, 2.24) is 15.3 Å². The molecule has 0 atom stereocenters. The molecule has 0 unspecified atom stereocenters. The van der Waals surface area contributed by atoms with E-state index in [1.165, 1.54) is 0 Å². The summed E-state index contributed by atoms with van der Waals surface area (Å²) in [6.45, 7) is 3.92. The Kier molecular flexibility index (Phi) is 7.37. The number of aliphatic imine (C=N–C) groups is 1. The van der Waals surface area contributed by atoms with Crippen LogP contribution in [0.3, 0.4) is 0 Å². The number of aryl methyl sites for hydroxylation is 2. The molecule has 0 radical (unpaired) electrons. The van der Waals surface area contributed by atoms with Crippen LogP contribution in [0.2, 0.25) is 0 Å². The predicted octanol–water partition coefficient (Wildman–Crippen LogP) is 5.21. The molecule has 0 aliphatic heterocycles. The van der Waals surface area contributed by atoms with Crippen molar-refractivity contribution in [3.8, 4) is 0 Å². The van der Waals surface area contributed by atoms with Crippen molar-refractivity contribution in [2.45, 2.75) is 27.1 Å². The molecule has 4 aromatic rings. The molecular formula is C26H25N5O4. The van der Waals surface area contributed by atoms with Crippen LogP contribution in [-0.2, 0) is 22.7 Å². The van der Waals surface area contributed by atoms with Crippen LogP contribution < -0.4 is 10.6 Å². The van der Waals surface area contributed by atoms with Gasteiger partial charge in [0.15, 0.2) is 0 Å². The van der Waals surface area contributed by atoms with Crippen LogP contribution in [0.1, 0.15) is 22.3 Å². The summed E-state index contributed by atoms with van der Waals surface area (Å²) in [5, 5.41) is 5.51. The van der Waals surface area contributed by atoms with Gasteiger partial charge in [-0.15, -0.1) is 4.99 Å². The van der Waals surface area contributed by atoms with Crippen LogP contribution >= 0.6 is 0 Å². The molecule has 178 valence electrons. The van der Waals surface area contributed by atoms with Gasteiger partial charge in [-0.1, -0.05) is 60.7 Å². The van der Waals surface area contributed by atoms with Gasteiger partial charge in [0.05, 0.1) is 17.4 Å². The number of ether oxygens (including phenoxy) is 2. The van der Waals surface area contributed by atoms with E-state index >= 15 is 0 Å². The highest BCUT2D eigenvalue weighted by Gasteiger charge is 2.15. The number of fused-ring (bicyclic) bond motifs is 1. The summed E-state index contributed by atoms with van der Waals surface area (Å²) in [5.74, 6) is -0.126. The van der Waals surface area contributed by atoms with Crippen molar-refractivity contribution < 1.29 is 19.1 Å². The van der Waals surface area contributed by atoms with Gasteiger partial charge in [0.2, 0.25) is 5.96 Å². The van der Waals surface area contributed by atoms with E-state index in [9.17, 15) is 9.59 Å². The summed E-state index contributed by atoms with van der Waals surface area (Å²) >= 11 is 0. The van der Waals surface area contributed by atoms with Gasteiger partial charge in [-0.2, -0.15) is 0 Å². The lowest BCUT2D eigenvalue weighted by atomic mass is 10.1. The molecule has 3 N–H and O–H groups in total. The van der Waals surface area contributed by atoms with Crippen LogP contribution in [0.5, 0.6) is 0 Å². The second-order valence-corrected chi connectivity index (χ2v) is 7.80. The molecule has 2 amide bonds. The minimum atomic E-state index is -0.866. The molecule has 0 saturated heterocycles. The van der Waals surface area contributed by atoms with E-state index in [0.717, 1.165) is 33.3 Å². The number of carbonyl (C=O) groups is 2. The fourth-order valence-electron chi connectivity index (χ4n) is 3.45. The van der Waals surface area contributed by atoms with E-state index in [0.29, 0.717) is 5.69 Å². The standard InChI is InChI=1S/C26H25N5O4/c1-17-13-21(18(2)23-22(17)27-16-28-23)29-24(30-25(32)34-14-19-9-5-3-6-10-19)31-26(33)35-15-20-11-7-4-8-12-20/h3-13,16H,14-15H2,1-2H3,(H,27,28)(H2,29,30,31,32,33). The number of hydrogen-bond donors (Lipinski definition) is 3. The lowest BCUT2D eigenvalue weighted by Crippen LogP contribution is -2.37. The Bertz CT molecular complexity index is 1350. The average Bonchev–Trinajstić information content (AvgIpc) is 3.37. The number of nitrogens with zero attached hydrogens (tertiary/aromatic N) is 2. The first-order valence-electron chi connectivity index (χ1n) is 11.0. The minimum absolute atomic E-state index is 0.0479. The topological polar surface area (TPSA) is 118 Å². The number of imidazole rings is 1. The molecule has 1 heterocycles. The Morgan fingerprint density at radius 2 is 1.57 bits per heavy atom. The highest BCUT2D eigenvalue weighted by molar-refractivity contribution is 6.07. The number of rotatable bonds is 5. The molecule has 0 saturated carbocycles. The molecule has 9 nitrogen and oxygen atoms in total. The van der Waals surface area contributed by atoms with Crippen LogP contribution in [0.4, 0.5) is 15.3 Å². The van der Waals surface area contributed by atoms with Crippen LogP contribution in [0.25, 0.3) is 11.0 Å². The molecule has 0 bridgehead atoms. The minimum Gasteiger partial charge on any atom is -0.444 e. The van der Waals surface area contributed by atoms with Crippen molar-refractivity contribution in [2.75, 3.05) is 5.32 Å². The second kappa shape index (κ2) is 11.0. The summed E-state index contributed by atoms with van der Waals surface area (Å²) in [4.78, 5) is 36.3. The van der Waals surface area contributed by atoms with Crippen LogP contribution in [-0.4, -0.2) is 28.1 Å². The van der Waals surface area contributed by atoms with E-state index in [-0.39, 0.29) is 19.2 Å². The zero-order valence-electron chi connectivity index (χ0n) is 19.4. The van der Waals surface area contributed by atoms with E-state index in [2.05, 4.69) is 25.6 Å². The number of aromatic amines is 1. The van der Waals surface area contributed by atoms with E-state index in [1.807, 2.05) is 80.6 Å². The lowest BCUT2D eigenvalue weighted by molar-refractivity contribution is 0.144. The third kappa shape index (κ3) is 6.23. The molecule has 0 aliphatic rings. The summed E-state index contributed by atoms with van der Waals surface area (Å²) in [6, 6.07) is 20.4. The van der Waals surface area contributed by atoms with Gasteiger partial charge in [-0.3, -0.25) is 5.32 Å². The Labute approximate surface area is 202 Å². The first kappa shape index (κ1) is 23.5. The number of alkyl carbamates (subject to hydrolysis) is 1. The maximum Gasteiger partial charge on any atom is 0.437 e. The number of hydrogen-bond acceptors (Lipinski definition) is 5. The Morgan fingerprint density at radius 3 is 2.23 bits per heavy atom. The summed E-state index contributed by atoms with van der Waals surface area (Å²) < 4.78 is 10.5. The molecule has 0 aliphatic carbocycles. The van der Waals surface area contributed by atoms with E-state index in [1.54, 1.807) is 6.33 Å². The van der Waals surface area contributed by atoms with Gasteiger partial charge in [-0.05, 0) is 36.6 Å². The number of aromatic nitrogens is 2. The zero-order chi connectivity index (χ0) is 24.6. The molecule has 0 fully saturated rings. The van der Waals surface area contributed by atoms with Gasteiger partial charge < -0.3 is 19.8 Å². The summed E-state index contributed by atoms with van der Waals surface area (Å²) in [5.41, 5.74) is 5.69.